The Bertz CT molecular complexity index is 221. The fourth-order valence-corrected chi connectivity index (χ4v) is 1.74. The van der Waals surface area contributed by atoms with Gasteiger partial charge in [-0.15, -0.1) is 0 Å². The van der Waals surface area contributed by atoms with Crippen LogP contribution < -0.4 is 0 Å². The highest BCUT2D eigenvalue weighted by atomic mass is 19.3. The zero-order valence-corrected chi connectivity index (χ0v) is 8.17. The van der Waals surface area contributed by atoms with E-state index < -0.39 is 18.4 Å². The molecule has 0 bridgehead atoms. The molecule has 82 valence electrons. The summed E-state index contributed by atoms with van der Waals surface area (Å²) < 4.78 is 25.6. The number of carbonyl (C=O) groups is 1. The average Bonchev–Trinajstić information content (AvgIpc) is 2.51. The first kappa shape index (κ1) is 11.4. The minimum Gasteiger partial charge on any atom is -0.477 e. The summed E-state index contributed by atoms with van der Waals surface area (Å²) in [6.45, 7) is 2.54. The Kier molecular flexibility index (Phi) is 3.42. The lowest BCUT2D eigenvalue weighted by Crippen LogP contribution is -2.41. The second-order valence-electron chi connectivity index (χ2n) is 3.81. The van der Waals surface area contributed by atoms with Gasteiger partial charge in [-0.1, -0.05) is 13.3 Å². The van der Waals surface area contributed by atoms with Crippen LogP contribution in [0, 0.1) is 5.92 Å². The highest BCUT2D eigenvalue weighted by Gasteiger charge is 2.41. The molecule has 0 aliphatic carbocycles. The Morgan fingerprint density at radius 1 is 1.64 bits per heavy atom. The number of rotatable bonds is 4. The van der Waals surface area contributed by atoms with Gasteiger partial charge in [0.1, 0.15) is 0 Å². The highest BCUT2D eigenvalue weighted by molar-refractivity contribution is 5.75. The molecule has 0 amide bonds. The van der Waals surface area contributed by atoms with Gasteiger partial charge in [0.25, 0.3) is 0 Å². The molecule has 3 nitrogen and oxygen atoms in total. The predicted molar refractivity (Wildman–Crippen MR) is 47.4 cm³/mol. The van der Waals surface area contributed by atoms with Gasteiger partial charge in [0.05, 0.1) is 6.54 Å². The van der Waals surface area contributed by atoms with E-state index in [1.54, 1.807) is 0 Å². The Morgan fingerprint density at radius 2 is 2.29 bits per heavy atom. The zero-order chi connectivity index (χ0) is 10.8. The molecule has 1 unspecified atom stereocenters. The van der Waals surface area contributed by atoms with Gasteiger partial charge in [0.2, 0.25) is 0 Å². The summed E-state index contributed by atoms with van der Waals surface area (Å²) >= 11 is 0. The summed E-state index contributed by atoms with van der Waals surface area (Å²) in [6, 6.07) is 0. The van der Waals surface area contributed by atoms with Crippen LogP contribution in [0.4, 0.5) is 8.78 Å². The van der Waals surface area contributed by atoms with Crippen LogP contribution in [0.2, 0.25) is 0 Å². The topological polar surface area (TPSA) is 40.5 Å². The first-order chi connectivity index (χ1) is 6.45. The maximum absolute atomic E-state index is 12.8. The number of aliphatic carboxylic acids is 1. The van der Waals surface area contributed by atoms with Crippen molar-refractivity contribution in [3.8, 4) is 0 Å². The second-order valence-corrected chi connectivity index (χ2v) is 3.81. The fourth-order valence-electron chi connectivity index (χ4n) is 1.74. The summed E-state index contributed by atoms with van der Waals surface area (Å²) in [6.07, 6.45) is 1.86. The molecule has 1 aliphatic rings. The van der Waals surface area contributed by atoms with Crippen molar-refractivity contribution in [2.75, 3.05) is 19.6 Å². The van der Waals surface area contributed by atoms with Crippen LogP contribution in [-0.2, 0) is 4.79 Å². The minimum absolute atomic E-state index is 0.444. The largest absolute Gasteiger partial charge is 0.477 e. The predicted octanol–water partition coefficient (Wildman–Crippen LogP) is 1.44. The molecule has 5 heteroatoms. The van der Waals surface area contributed by atoms with Crippen molar-refractivity contribution >= 4 is 5.97 Å². The zero-order valence-electron chi connectivity index (χ0n) is 8.17. The number of hydrogen-bond donors (Lipinski definition) is 1. The molecule has 1 atom stereocenters. The second kappa shape index (κ2) is 4.21. The van der Waals surface area contributed by atoms with Gasteiger partial charge in [0.15, 0.2) is 0 Å². The van der Waals surface area contributed by atoms with E-state index in [2.05, 4.69) is 0 Å². The van der Waals surface area contributed by atoms with Gasteiger partial charge >= 0.3 is 11.9 Å². The standard InChI is InChI=1S/C9H15F2NO2/c1-2-7-3-4-12(5-7)6-9(10,11)8(13)14/h7H,2-6H2,1H3,(H,13,14). The molecule has 1 rings (SSSR count). The number of hydrogen-bond acceptors (Lipinski definition) is 2. The SMILES string of the molecule is CCC1CCN(CC(F)(F)C(=O)O)C1. The van der Waals surface area contributed by atoms with Crippen LogP contribution in [0.25, 0.3) is 0 Å². The fraction of sp³-hybridized carbons (Fsp3) is 0.889. The Morgan fingerprint density at radius 3 is 2.71 bits per heavy atom. The number of nitrogens with zero attached hydrogens (tertiary/aromatic N) is 1. The van der Waals surface area contributed by atoms with Gasteiger partial charge in [-0.25, -0.2) is 4.79 Å². The molecule has 1 heterocycles. The third-order valence-corrected chi connectivity index (χ3v) is 2.68. The summed E-state index contributed by atoms with van der Waals surface area (Å²) in [4.78, 5) is 11.7. The first-order valence-corrected chi connectivity index (χ1v) is 4.79. The van der Waals surface area contributed by atoms with Crippen molar-refractivity contribution in [2.45, 2.75) is 25.7 Å². The quantitative estimate of drug-likeness (QED) is 0.758. The van der Waals surface area contributed by atoms with Gasteiger partial charge in [-0.3, -0.25) is 4.90 Å². The van der Waals surface area contributed by atoms with Crippen LogP contribution in [0.1, 0.15) is 19.8 Å². The van der Waals surface area contributed by atoms with E-state index in [0.717, 1.165) is 12.8 Å². The van der Waals surface area contributed by atoms with Crippen LogP contribution >= 0.6 is 0 Å². The van der Waals surface area contributed by atoms with Crippen molar-refractivity contribution < 1.29 is 18.7 Å². The third-order valence-electron chi connectivity index (χ3n) is 2.68. The molecule has 1 fully saturated rings. The molecular formula is C9H15F2NO2. The average molecular weight is 207 g/mol. The lowest BCUT2D eigenvalue weighted by atomic mass is 10.1. The highest BCUT2D eigenvalue weighted by Crippen LogP contribution is 2.23. The molecule has 1 N–H and O–H groups in total. The minimum atomic E-state index is -3.61. The smallest absolute Gasteiger partial charge is 0.375 e. The maximum atomic E-state index is 12.8. The lowest BCUT2D eigenvalue weighted by Gasteiger charge is -2.20. The number of halogens is 2. The molecule has 0 aromatic heterocycles. The van der Waals surface area contributed by atoms with Crippen LogP contribution in [0.15, 0.2) is 0 Å². The summed E-state index contributed by atoms with van der Waals surface area (Å²) in [5, 5.41) is 8.25. The summed E-state index contributed by atoms with van der Waals surface area (Å²) in [5.41, 5.74) is 0. The molecule has 0 spiro atoms. The number of carboxylic acids is 1. The van der Waals surface area contributed by atoms with Crippen LogP contribution in [0.3, 0.4) is 0 Å². The number of carboxylic acid groups (broad SMARTS) is 1. The molecular weight excluding hydrogens is 192 g/mol. The van der Waals surface area contributed by atoms with Crippen LogP contribution in [0.5, 0.6) is 0 Å². The van der Waals surface area contributed by atoms with Crippen molar-refractivity contribution in [3.63, 3.8) is 0 Å². The van der Waals surface area contributed by atoms with Crippen molar-refractivity contribution in [3.05, 3.63) is 0 Å². The van der Waals surface area contributed by atoms with Crippen LogP contribution in [-0.4, -0.2) is 41.5 Å². The number of likely N-dealkylation sites (tertiary alicyclic amines) is 1. The van der Waals surface area contributed by atoms with E-state index >= 15 is 0 Å². The molecule has 0 aromatic carbocycles. The molecule has 1 aliphatic heterocycles. The molecule has 0 radical (unpaired) electrons. The van der Waals surface area contributed by atoms with E-state index in [4.69, 9.17) is 5.11 Å². The van der Waals surface area contributed by atoms with Crippen molar-refractivity contribution in [1.82, 2.24) is 4.90 Å². The monoisotopic (exact) mass is 207 g/mol. The van der Waals surface area contributed by atoms with Gasteiger partial charge < -0.3 is 5.11 Å². The molecule has 0 saturated carbocycles. The Labute approximate surface area is 81.7 Å². The third kappa shape index (κ3) is 2.64. The van der Waals surface area contributed by atoms with E-state index in [0.29, 0.717) is 19.0 Å². The maximum Gasteiger partial charge on any atom is 0.375 e. The van der Waals surface area contributed by atoms with Crippen molar-refractivity contribution in [1.29, 1.82) is 0 Å². The summed E-state index contributed by atoms with van der Waals surface area (Å²) in [7, 11) is 0. The van der Waals surface area contributed by atoms with Gasteiger partial charge in [-0.05, 0) is 18.9 Å². The normalized spacial score (nSPS) is 24.1. The molecule has 1 saturated heterocycles. The molecule has 0 aromatic rings. The Hall–Kier alpha value is -0.710. The Balaban J connectivity index is 2.42. The molecule has 14 heavy (non-hydrogen) atoms. The van der Waals surface area contributed by atoms with Gasteiger partial charge in [-0.2, -0.15) is 8.78 Å². The van der Waals surface area contributed by atoms with E-state index in [9.17, 15) is 13.6 Å². The van der Waals surface area contributed by atoms with Crippen molar-refractivity contribution in [2.24, 2.45) is 5.92 Å². The van der Waals surface area contributed by atoms with E-state index in [-0.39, 0.29) is 0 Å². The lowest BCUT2D eigenvalue weighted by molar-refractivity contribution is -0.167. The number of alkyl halides is 2. The first-order valence-electron chi connectivity index (χ1n) is 4.79. The van der Waals surface area contributed by atoms with Gasteiger partial charge in [0, 0.05) is 6.54 Å². The van der Waals surface area contributed by atoms with E-state index in [1.165, 1.54) is 4.90 Å². The summed E-state index contributed by atoms with van der Waals surface area (Å²) in [5.74, 6) is -5.19. The van der Waals surface area contributed by atoms with E-state index in [1.807, 2.05) is 6.92 Å².